The molecule has 1 aromatic rings. The molecule has 0 radical (unpaired) electrons. The van der Waals surface area contributed by atoms with Crippen LogP contribution in [0.5, 0.6) is 0 Å². The Hall–Kier alpha value is -1.75. The Labute approximate surface area is 155 Å². The smallest absolute Gasteiger partial charge is 0.236 e. The molecule has 2 aliphatic rings. The molecule has 1 aromatic carbocycles. The highest BCUT2D eigenvalue weighted by Gasteiger charge is 2.29. The minimum absolute atomic E-state index is 0.0283. The molecule has 3 rings (SSSR count). The number of nitrogens with zero attached hydrogens (tertiary/aromatic N) is 2. The Kier molecular flexibility index (Phi) is 6.78. The number of likely N-dealkylation sites (tertiary alicyclic amines) is 2. The van der Waals surface area contributed by atoms with E-state index in [1.54, 1.807) is 12.1 Å². The normalized spacial score (nSPS) is 22.0. The summed E-state index contributed by atoms with van der Waals surface area (Å²) in [7, 11) is 0. The third-order valence-electron chi connectivity index (χ3n) is 5.63. The van der Waals surface area contributed by atoms with Gasteiger partial charge in [0, 0.05) is 31.1 Å². The van der Waals surface area contributed by atoms with Gasteiger partial charge in [-0.25, -0.2) is 4.39 Å². The van der Waals surface area contributed by atoms with Crippen molar-refractivity contribution in [2.45, 2.75) is 57.4 Å². The van der Waals surface area contributed by atoms with Crippen molar-refractivity contribution < 1.29 is 14.0 Å². The molecule has 1 amide bonds. The molecule has 2 fully saturated rings. The average molecular weight is 360 g/mol. The van der Waals surface area contributed by atoms with Crippen molar-refractivity contribution >= 4 is 11.7 Å². The van der Waals surface area contributed by atoms with Crippen LogP contribution in [0.4, 0.5) is 4.39 Å². The van der Waals surface area contributed by atoms with E-state index in [4.69, 9.17) is 0 Å². The van der Waals surface area contributed by atoms with Gasteiger partial charge in [-0.2, -0.15) is 0 Å². The van der Waals surface area contributed by atoms with Crippen LogP contribution in [0.2, 0.25) is 0 Å². The predicted octanol–water partition coefficient (Wildman–Crippen LogP) is 3.66. The molecule has 0 bridgehead atoms. The lowest BCUT2D eigenvalue weighted by molar-refractivity contribution is -0.133. The van der Waals surface area contributed by atoms with E-state index in [9.17, 15) is 14.0 Å². The highest BCUT2D eigenvalue weighted by molar-refractivity contribution is 5.96. The summed E-state index contributed by atoms with van der Waals surface area (Å²) in [5, 5.41) is 0. The van der Waals surface area contributed by atoms with E-state index in [1.807, 2.05) is 4.90 Å². The lowest BCUT2D eigenvalue weighted by Crippen LogP contribution is -2.43. The Morgan fingerprint density at radius 3 is 2.27 bits per heavy atom. The Balaban J connectivity index is 1.54. The van der Waals surface area contributed by atoms with E-state index in [0.29, 0.717) is 18.5 Å². The molecule has 0 aliphatic carbocycles. The fraction of sp³-hybridized carbons (Fsp3) is 0.619. The molecule has 0 saturated carbocycles. The van der Waals surface area contributed by atoms with Crippen molar-refractivity contribution in [2.24, 2.45) is 0 Å². The van der Waals surface area contributed by atoms with Crippen LogP contribution < -0.4 is 0 Å². The van der Waals surface area contributed by atoms with Gasteiger partial charge >= 0.3 is 0 Å². The van der Waals surface area contributed by atoms with Gasteiger partial charge in [0.05, 0.1) is 6.54 Å². The van der Waals surface area contributed by atoms with E-state index in [0.717, 1.165) is 45.3 Å². The number of benzene rings is 1. The standard InChI is InChI=1S/C21H29FN2O2/c22-18-10-8-17(9-11-18)20(25)15-19-7-6-14-24(19)16-21(26)23-12-4-2-1-3-5-13-23/h8-11,19H,1-7,12-16H2/t19-/m0/s1. The first kappa shape index (κ1) is 19.0. The lowest BCUT2D eigenvalue weighted by atomic mass is 10.0. The molecule has 2 saturated heterocycles. The molecule has 0 aromatic heterocycles. The summed E-state index contributed by atoms with van der Waals surface area (Å²) in [6.45, 7) is 3.03. The van der Waals surface area contributed by atoms with Crippen LogP contribution in [-0.2, 0) is 4.79 Å². The highest BCUT2D eigenvalue weighted by Crippen LogP contribution is 2.22. The van der Waals surface area contributed by atoms with Crippen molar-refractivity contribution in [1.82, 2.24) is 9.80 Å². The molecule has 26 heavy (non-hydrogen) atoms. The molecule has 5 heteroatoms. The fourth-order valence-corrected chi connectivity index (χ4v) is 4.07. The molecule has 0 N–H and O–H groups in total. The van der Waals surface area contributed by atoms with Crippen LogP contribution in [0.25, 0.3) is 0 Å². The summed E-state index contributed by atoms with van der Waals surface area (Å²) in [5.41, 5.74) is 0.549. The lowest BCUT2D eigenvalue weighted by Gasteiger charge is -2.29. The molecule has 142 valence electrons. The number of Topliss-reactive ketones (excluding diaryl/α,β-unsaturated/α-hetero) is 1. The molecule has 0 spiro atoms. The Morgan fingerprint density at radius 1 is 0.923 bits per heavy atom. The first-order chi connectivity index (χ1) is 12.6. The molecule has 2 heterocycles. The van der Waals surface area contributed by atoms with Crippen molar-refractivity contribution in [1.29, 1.82) is 0 Å². The van der Waals surface area contributed by atoms with Crippen LogP contribution >= 0.6 is 0 Å². The number of halogens is 1. The van der Waals surface area contributed by atoms with Crippen LogP contribution in [-0.4, -0.2) is 53.7 Å². The van der Waals surface area contributed by atoms with Crippen molar-refractivity contribution in [3.63, 3.8) is 0 Å². The number of carbonyl (C=O) groups excluding carboxylic acids is 2. The van der Waals surface area contributed by atoms with Crippen LogP contribution in [0.15, 0.2) is 24.3 Å². The SMILES string of the molecule is O=C(C[C@@H]1CCCN1CC(=O)N1CCCCCCC1)c1ccc(F)cc1. The summed E-state index contributed by atoms with van der Waals surface area (Å²) >= 11 is 0. The number of hydrogen-bond acceptors (Lipinski definition) is 3. The second-order valence-corrected chi connectivity index (χ2v) is 7.55. The Bertz CT molecular complexity index is 609. The third-order valence-corrected chi connectivity index (χ3v) is 5.63. The van der Waals surface area contributed by atoms with Gasteiger partial charge < -0.3 is 4.90 Å². The minimum atomic E-state index is -0.331. The number of amides is 1. The maximum atomic E-state index is 13.0. The molecular weight excluding hydrogens is 331 g/mol. The maximum Gasteiger partial charge on any atom is 0.236 e. The van der Waals surface area contributed by atoms with Crippen LogP contribution in [0.3, 0.4) is 0 Å². The number of hydrogen-bond donors (Lipinski definition) is 0. The summed E-state index contributed by atoms with van der Waals surface area (Å²) in [6, 6.07) is 5.85. The zero-order chi connectivity index (χ0) is 18.4. The van der Waals surface area contributed by atoms with Crippen molar-refractivity contribution in [3.05, 3.63) is 35.6 Å². The van der Waals surface area contributed by atoms with Crippen LogP contribution in [0, 0.1) is 5.82 Å². The van der Waals surface area contributed by atoms with Gasteiger partial charge in [0.15, 0.2) is 5.78 Å². The summed E-state index contributed by atoms with van der Waals surface area (Å²) in [5.74, 6) is -0.100. The topological polar surface area (TPSA) is 40.6 Å². The van der Waals surface area contributed by atoms with E-state index >= 15 is 0 Å². The van der Waals surface area contributed by atoms with E-state index in [2.05, 4.69) is 4.90 Å². The molecule has 0 unspecified atom stereocenters. The van der Waals surface area contributed by atoms with Gasteiger partial charge in [0.1, 0.15) is 5.82 Å². The van der Waals surface area contributed by atoms with Gasteiger partial charge in [-0.1, -0.05) is 19.3 Å². The quantitative estimate of drug-likeness (QED) is 0.753. The predicted molar refractivity (Wildman–Crippen MR) is 99.6 cm³/mol. The monoisotopic (exact) mass is 360 g/mol. The Morgan fingerprint density at radius 2 is 1.58 bits per heavy atom. The van der Waals surface area contributed by atoms with Crippen molar-refractivity contribution in [3.8, 4) is 0 Å². The van der Waals surface area contributed by atoms with E-state index in [1.165, 1.54) is 31.4 Å². The summed E-state index contributed by atoms with van der Waals surface area (Å²) < 4.78 is 13.0. The van der Waals surface area contributed by atoms with Gasteiger partial charge in [-0.3, -0.25) is 14.5 Å². The minimum Gasteiger partial charge on any atom is -0.342 e. The van der Waals surface area contributed by atoms with Gasteiger partial charge in [0.25, 0.3) is 0 Å². The number of rotatable bonds is 5. The van der Waals surface area contributed by atoms with Gasteiger partial charge in [0.2, 0.25) is 5.91 Å². The first-order valence-electron chi connectivity index (χ1n) is 9.94. The summed E-state index contributed by atoms with van der Waals surface area (Å²) in [6.07, 6.45) is 8.26. The largest absolute Gasteiger partial charge is 0.342 e. The van der Waals surface area contributed by atoms with Gasteiger partial charge in [-0.15, -0.1) is 0 Å². The molecular formula is C21H29FN2O2. The van der Waals surface area contributed by atoms with Crippen LogP contribution in [0.1, 0.15) is 61.7 Å². The second-order valence-electron chi connectivity index (χ2n) is 7.55. The maximum absolute atomic E-state index is 13.0. The average Bonchev–Trinajstić information content (AvgIpc) is 3.01. The van der Waals surface area contributed by atoms with E-state index in [-0.39, 0.29) is 23.5 Å². The fourth-order valence-electron chi connectivity index (χ4n) is 4.07. The van der Waals surface area contributed by atoms with Crippen molar-refractivity contribution in [2.75, 3.05) is 26.2 Å². The molecule has 2 aliphatic heterocycles. The third kappa shape index (κ3) is 5.13. The number of ketones is 1. The first-order valence-corrected chi connectivity index (χ1v) is 9.94. The summed E-state index contributed by atoms with van der Waals surface area (Å²) in [4.78, 5) is 29.4. The highest BCUT2D eigenvalue weighted by atomic mass is 19.1. The van der Waals surface area contributed by atoms with Gasteiger partial charge in [-0.05, 0) is 56.5 Å². The zero-order valence-corrected chi connectivity index (χ0v) is 15.5. The molecule has 1 atom stereocenters. The molecule has 4 nitrogen and oxygen atoms in total. The van der Waals surface area contributed by atoms with E-state index < -0.39 is 0 Å². The number of carbonyl (C=O) groups is 2. The zero-order valence-electron chi connectivity index (χ0n) is 15.5. The second kappa shape index (κ2) is 9.26.